The Labute approximate surface area is 170 Å². The Morgan fingerprint density at radius 1 is 1.44 bits per heavy atom. The first kappa shape index (κ1) is 22.2. The van der Waals surface area contributed by atoms with Gasteiger partial charge >= 0.3 is 5.97 Å². The van der Waals surface area contributed by atoms with Crippen LogP contribution in [0.3, 0.4) is 0 Å². The summed E-state index contributed by atoms with van der Waals surface area (Å²) in [6.45, 7) is 8.36. The third kappa shape index (κ3) is 7.08. The lowest BCUT2D eigenvalue weighted by atomic mass is 10.1. The summed E-state index contributed by atoms with van der Waals surface area (Å²) in [6, 6.07) is 0.535. The number of nitrogens with one attached hydrogen (secondary N) is 1. The Kier molecular flexibility index (Phi) is 9.05. The van der Waals surface area contributed by atoms with Crippen molar-refractivity contribution in [1.82, 2.24) is 15.2 Å². The van der Waals surface area contributed by atoms with Crippen LogP contribution >= 0.6 is 23.1 Å². The van der Waals surface area contributed by atoms with Crippen LogP contribution in [0, 0.1) is 5.92 Å². The Balaban J connectivity index is 1.74. The van der Waals surface area contributed by atoms with Crippen molar-refractivity contribution in [3.05, 3.63) is 11.1 Å². The van der Waals surface area contributed by atoms with Crippen molar-refractivity contribution in [2.24, 2.45) is 5.92 Å². The summed E-state index contributed by atoms with van der Waals surface area (Å²) >= 11 is 2.86. The minimum atomic E-state index is -0.999. The van der Waals surface area contributed by atoms with Crippen molar-refractivity contribution < 1.29 is 14.7 Å². The van der Waals surface area contributed by atoms with Crippen LogP contribution in [-0.2, 0) is 4.79 Å². The molecule has 1 aliphatic heterocycles. The quantitative estimate of drug-likeness (QED) is 0.401. The van der Waals surface area contributed by atoms with Crippen molar-refractivity contribution in [2.45, 2.75) is 69.3 Å². The fourth-order valence-corrected chi connectivity index (χ4v) is 5.17. The highest BCUT2D eigenvalue weighted by Gasteiger charge is 2.33. The normalized spacial score (nSPS) is 18.4. The van der Waals surface area contributed by atoms with Gasteiger partial charge in [0.1, 0.15) is 0 Å². The van der Waals surface area contributed by atoms with Gasteiger partial charge in [0.15, 0.2) is 10.0 Å². The summed E-state index contributed by atoms with van der Waals surface area (Å²) in [4.78, 5) is 29.2. The topological polar surface area (TPSA) is 82.5 Å². The van der Waals surface area contributed by atoms with Gasteiger partial charge in [-0.05, 0) is 32.2 Å². The number of carbonyl (C=O) groups is 2. The molecular formula is C19H31N3O3S2. The van der Waals surface area contributed by atoms with E-state index in [4.69, 9.17) is 5.11 Å². The van der Waals surface area contributed by atoms with Gasteiger partial charge in [-0.25, -0.2) is 9.78 Å². The highest BCUT2D eigenvalue weighted by atomic mass is 32.2. The molecule has 1 aromatic heterocycles. The number of aromatic carboxylic acids is 1. The molecule has 0 spiro atoms. The second-order valence-electron chi connectivity index (χ2n) is 7.48. The molecule has 0 radical (unpaired) electrons. The SMILES string of the molecule is CC(C)CCCCNC(C)[C@H]1CCC(=O)N1CCSc1nc(C(=O)O)cs1. The maximum atomic E-state index is 12.3. The summed E-state index contributed by atoms with van der Waals surface area (Å²) in [7, 11) is 0. The number of nitrogens with zero attached hydrogens (tertiary/aromatic N) is 2. The van der Waals surface area contributed by atoms with Gasteiger partial charge in [-0.2, -0.15) is 0 Å². The molecule has 0 aliphatic carbocycles. The smallest absolute Gasteiger partial charge is 0.355 e. The Morgan fingerprint density at radius 3 is 2.89 bits per heavy atom. The predicted octanol–water partition coefficient (Wildman–Crippen LogP) is 3.73. The first-order chi connectivity index (χ1) is 12.9. The van der Waals surface area contributed by atoms with Gasteiger partial charge in [0, 0.05) is 36.2 Å². The fraction of sp³-hybridized carbons (Fsp3) is 0.737. The number of hydrogen-bond acceptors (Lipinski definition) is 6. The van der Waals surface area contributed by atoms with Gasteiger partial charge in [0.05, 0.1) is 0 Å². The average Bonchev–Trinajstić information content (AvgIpc) is 3.22. The summed E-state index contributed by atoms with van der Waals surface area (Å²) in [5, 5.41) is 14.1. The van der Waals surface area contributed by atoms with Gasteiger partial charge < -0.3 is 15.3 Å². The molecule has 1 amide bonds. The Hall–Kier alpha value is -1.12. The number of aromatic nitrogens is 1. The average molecular weight is 414 g/mol. The van der Waals surface area contributed by atoms with Crippen LogP contribution in [0.1, 0.15) is 63.4 Å². The highest BCUT2D eigenvalue weighted by Crippen LogP contribution is 2.26. The van der Waals surface area contributed by atoms with Gasteiger partial charge in [0.25, 0.3) is 0 Å². The van der Waals surface area contributed by atoms with E-state index < -0.39 is 5.97 Å². The number of carbonyl (C=O) groups excluding carboxylic acids is 1. The molecule has 1 saturated heterocycles. The van der Waals surface area contributed by atoms with Crippen molar-refractivity contribution >= 4 is 35.0 Å². The zero-order valence-corrected chi connectivity index (χ0v) is 18.1. The predicted molar refractivity (Wildman–Crippen MR) is 111 cm³/mol. The van der Waals surface area contributed by atoms with E-state index in [-0.39, 0.29) is 17.6 Å². The number of carboxylic acids is 1. The lowest BCUT2D eigenvalue weighted by Gasteiger charge is -2.30. The van der Waals surface area contributed by atoms with E-state index in [9.17, 15) is 9.59 Å². The van der Waals surface area contributed by atoms with Gasteiger partial charge in [-0.15, -0.1) is 11.3 Å². The van der Waals surface area contributed by atoms with Crippen LogP contribution in [0.25, 0.3) is 0 Å². The maximum absolute atomic E-state index is 12.3. The minimum Gasteiger partial charge on any atom is -0.476 e. The molecule has 2 atom stereocenters. The van der Waals surface area contributed by atoms with E-state index in [1.54, 1.807) is 5.38 Å². The monoisotopic (exact) mass is 413 g/mol. The molecule has 0 bridgehead atoms. The van der Waals surface area contributed by atoms with E-state index in [1.165, 1.54) is 42.4 Å². The molecule has 2 N–H and O–H groups in total. The van der Waals surface area contributed by atoms with E-state index in [1.807, 2.05) is 4.90 Å². The number of thiazole rings is 1. The maximum Gasteiger partial charge on any atom is 0.355 e. The molecule has 1 aliphatic rings. The van der Waals surface area contributed by atoms with E-state index >= 15 is 0 Å². The minimum absolute atomic E-state index is 0.0907. The molecular weight excluding hydrogens is 382 g/mol. The van der Waals surface area contributed by atoms with Crippen LogP contribution in [0.5, 0.6) is 0 Å². The van der Waals surface area contributed by atoms with Crippen LogP contribution < -0.4 is 5.32 Å². The molecule has 8 heteroatoms. The fourth-order valence-electron chi connectivity index (χ4n) is 3.36. The molecule has 1 unspecified atom stereocenters. The van der Waals surface area contributed by atoms with E-state index in [2.05, 4.69) is 31.1 Å². The Morgan fingerprint density at radius 2 is 2.22 bits per heavy atom. The largest absolute Gasteiger partial charge is 0.476 e. The zero-order valence-electron chi connectivity index (χ0n) is 16.4. The molecule has 6 nitrogen and oxygen atoms in total. The molecule has 0 saturated carbocycles. The number of amides is 1. The van der Waals surface area contributed by atoms with Crippen LogP contribution in [0.15, 0.2) is 9.72 Å². The number of likely N-dealkylation sites (tertiary alicyclic amines) is 1. The summed E-state index contributed by atoms with van der Waals surface area (Å²) in [5.74, 6) is 0.712. The summed E-state index contributed by atoms with van der Waals surface area (Å²) in [5.41, 5.74) is 0.0907. The standard InChI is InChI=1S/C19H31N3O3S2/c1-13(2)6-4-5-9-20-14(3)16-7-8-17(23)22(16)10-11-26-19-21-15(12-27-19)18(24)25/h12-14,16,20H,4-11H2,1-3H3,(H,24,25)/t14?,16-/m1/s1. The Bertz CT molecular complexity index is 621. The second-order valence-corrected chi connectivity index (χ2v) is 9.68. The van der Waals surface area contributed by atoms with Gasteiger partial charge in [0.2, 0.25) is 5.91 Å². The third-order valence-corrected chi connectivity index (χ3v) is 6.89. The van der Waals surface area contributed by atoms with Crippen LogP contribution in [-0.4, -0.2) is 57.8 Å². The first-order valence-corrected chi connectivity index (χ1v) is 11.6. The van der Waals surface area contributed by atoms with Crippen molar-refractivity contribution in [3.8, 4) is 0 Å². The molecule has 0 aromatic carbocycles. The van der Waals surface area contributed by atoms with Crippen LogP contribution in [0.2, 0.25) is 0 Å². The molecule has 2 rings (SSSR count). The number of unbranched alkanes of at least 4 members (excludes halogenated alkanes) is 1. The lowest BCUT2D eigenvalue weighted by Crippen LogP contribution is -2.47. The molecule has 1 aromatic rings. The van der Waals surface area contributed by atoms with Gasteiger partial charge in [-0.1, -0.05) is 38.5 Å². The summed E-state index contributed by atoms with van der Waals surface area (Å²) in [6.07, 6.45) is 5.21. The zero-order chi connectivity index (χ0) is 19.8. The number of rotatable bonds is 12. The van der Waals surface area contributed by atoms with Crippen molar-refractivity contribution in [3.63, 3.8) is 0 Å². The third-order valence-electron chi connectivity index (χ3n) is 4.89. The van der Waals surface area contributed by atoms with Crippen molar-refractivity contribution in [1.29, 1.82) is 0 Å². The second kappa shape index (κ2) is 11.0. The van der Waals surface area contributed by atoms with Crippen molar-refractivity contribution in [2.75, 3.05) is 18.8 Å². The molecule has 152 valence electrons. The van der Waals surface area contributed by atoms with Gasteiger partial charge in [-0.3, -0.25) is 4.79 Å². The lowest BCUT2D eigenvalue weighted by molar-refractivity contribution is -0.129. The van der Waals surface area contributed by atoms with Crippen LogP contribution in [0.4, 0.5) is 0 Å². The number of carboxylic acid groups (broad SMARTS) is 1. The molecule has 1 fully saturated rings. The highest BCUT2D eigenvalue weighted by molar-refractivity contribution is 8.01. The number of hydrogen-bond donors (Lipinski definition) is 2. The first-order valence-electron chi connectivity index (χ1n) is 9.73. The summed E-state index contributed by atoms with van der Waals surface area (Å²) < 4.78 is 0.743. The number of thioether (sulfide) groups is 1. The van der Waals surface area contributed by atoms with E-state index in [0.717, 1.165) is 29.0 Å². The van der Waals surface area contributed by atoms with E-state index in [0.29, 0.717) is 19.0 Å². The molecule has 2 heterocycles. The molecule has 27 heavy (non-hydrogen) atoms.